The zero-order valence-corrected chi connectivity index (χ0v) is 13.6. The summed E-state index contributed by atoms with van der Waals surface area (Å²) in [4.78, 5) is 15.9. The smallest absolute Gasteiger partial charge is 0.434 e. The van der Waals surface area contributed by atoms with Gasteiger partial charge in [-0.2, -0.15) is 5.06 Å². The summed E-state index contributed by atoms with van der Waals surface area (Å²) in [7, 11) is 1.50. The average Bonchev–Trinajstić information content (AvgIpc) is 2.40. The Morgan fingerprint density at radius 3 is 2.64 bits per heavy atom. The van der Waals surface area contributed by atoms with Crippen molar-refractivity contribution >= 4 is 6.09 Å². The molecular weight excluding hydrogens is 291 g/mol. The topological polar surface area (TPSA) is 71.9 Å². The zero-order chi connectivity index (χ0) is 16.9. The van der Waals surface area contributed by atoms with Crippen molar-refractivity contribution in [2.75, 3.05) is 13.7 Å². The van der Waals surface area contributed by atoms with Crippen LogP contribution in [0.5, 0.6) is 0 Å². The second-order valence-corrected chi connectivity index (χ2v) is 5.96. The van der Waals surface area contributed by atoms with Crippen molar-refractivity contribution in [2.24, 2.45) is 0 Å². The van der Waals surface area contributed by atoms with Crippen molar-refractivity contribution in [3.63, 3.8) is 0 Å². The molecule has 0 unspecified atom stereocenters. The summed E-state index contributed by atoms with van der Waals surface area (Å²) in [5.41, 5.74) is -0.134. The molecule has 0 saturated heterocycles. The standard InChI is InChI=1S/C15H23FN2O4/c1-10-12(16)8-11(9-17-10)13(6-7-21-5)18(20)14(19)22-15(2,3)4/h8-9,13,20H,6-7H2,1-5H3/t13-/m0/s1. The number of pyridine rings is 1. The van der Waals surface area contributed by atoms with Crippen LogP contribution in [0.1, 0.15) is 44.5 Å². The summed E-state index contributed by atoms with van der Waals surface area (Å²) in [5.74, 6) is -0.502. The molecule has 1 heterocycles. The van der Waals surface area contributed by atoms with E-state index in [0.29, 0.717) is 10.6 Å². The maximum absolute atomic E-state index is 13.7. The highest BCUT2D eigenvalue weighted by atomic mass is 19.1. The van der Waals surface area contributed by atoms with Gasteiger partial charge >= 0.3 is 6.09 Å². The molecular formula is C15H23FN2O4. The fourth-order valence-corrected chi connectivity index (χ4v) is 1.80. The van der Waals surface area contributed by atoms with E-state index in [0.717, 1.165) is 0 Å². The molecule has 1 atom stereocenters. The maximum atomic E-state index is 13.7. The van der Waals surface area contributed by atoms with Crippen LogP contribution in [-0.4, -0.2) is 40.7 Å². The quantitative estimate of drug-likeness (QED) is 0.667. The molecule has 0 saturated carbocycles. The van der Waals surface area contributed by atoms with E-state index in [4.69, 9.17) is 9.47 Å². The van der Waals surface area contributed by atoms with Crippen LogP contribution < -0.4 is 0 Å². The number of carbonyl (C=O) groups is 1. The van der Waals surface area contributed by atoms with Gasteiger partial charge in [0.1, 0.15) is 11.4 Å². The number of hydrogen-bond acceptors (Lipinski definition) is 5. The molecule has 1 rings (SSSR count). The molecule has 1 aromatic rings. The van der Waals surface area contributed by atoms with E-state index in [2.05, 4.69) is 4.98 Å². The predicted molar refractivity (Wildman–Crippen MR) is 78.0 cm³/mol. The number of aromatic nitrogens is 1. The molecule has 1 amide bonds. The lowest BCUT2D eigenvalue weighted by Gasteiger charge is -2.29. The minimum atomic E-state index is -0.908. The lowest BCUT2D eigenvalue weighted by atomic mass is 10.1. The van der Waals surface area contributed by atoms with Crippen LogP contribution in [0.25, 0.3) is 0 Å². The van der Waals surface area contributed by atoms with Crippen LogP contribution in [-0.2, 0) is 9.47 Å². The molecule has 1 aromatic heterocycles. The van der Waals surface area contributed by atoms with Gasteiger partial charge in [0, 0.05) is 19.9 Å². The first-order valence-corrected chi connectivity index (χ1v) is 6.97. The number of amides is 1. The van der Waals surface area contributed by atoms with Gasteiger partial charge in [0.25, 0.3) is 0 Å². The van der Waals surface area contributed by atoms with Gasteiger partial charge in [0.05, 0.1) is 11.7 Å². The highest BCUT2D eigenvalue weighted by Gasteiger charge is 2.29. The number of hydrogen-bond donors (Lipinski definition) is 1. The molecule has 1 N–H and O–H groups in total. The highest BCUT2D eigenvalue weighted by molar-refractivity contribution is 5.67. The van der Waals surface area contributed by atoms with Gasteiger partial charge in [0.2, 0.25) is 0 Å². The fourth-order valence-electron chi connectivity index (χ4n) is 1.80. The van der Waals surface area contributed by atoms with Crippen LogP contribution in [0.2, 0.25) is 0 Å². The van der Waals surface area contributed by atoms with Gasteiger partial charge in [-0.15, -0.1) is 0 Å². The molecule has 0 aliphatic carbocycles. The van der Waals surface area contributed by atoms with Gasteiger partial charge in [-0.3, -0.25) is 10.2 Å². The first-order chi connectivity index (χ1) is 10.2. The average molecular weight is 314 g/mol. The Balaban J connectivity index is 3.00. The molecule has 0 aliphatic heterocycles. The Labute approximate surface area is 129 Å². The third-order valence-electron chi connectivity index (χ3n) is 2.90. The van der Waals surface area contributed by atoms with Gasteiger partial charge in [-0.1, -0.05) is 0 Å². The number of carbonyl (C=O) groups excluding carboxylic acids is 1. The van der Waals surface area contributed by atoms with Gasteiger partial charge in [-0.05, 0) is 45.7 Å². The molecule has 0 bridgehead atoms. The number of halogens is 1. The molecule has 6 nitrogen and oxygen atoms in total. The largest absolute Gasteiger partial charge is 0.442 e. The number of ether oxygens (including phenoxy) is 2. The fraction of sp³-hybridized carbons (Fsp3) is 0.600. The number of aryl methyl sites for hydroxylation is 1. The summed E-state index contributed by atoms with van der Waals surface area (Å²) in [6.45, 7) is 6.88. The molecule has 124 valence electrons. The van der Waals surface area contributed by atoms with E-state index in [1.807, 2.05) is 0 Å². The van der Waals surface area contributed by atoms with Crippen LogP contribution in [0.4, 0.5) is 9.18 Å². The number of methoxy groups -OCH3 is 1. The van der Waals surface area contributed by atoms with E-state index in [9.17, 15) is 14.4 Å². The van der Waals surface area contributed by atoms with E-state index < -0.39 is 23.6 Å². The summed E-state index contributed by atoms with van der Waals surface area (Å²) in [6, 6.07) is 0.438. The predicted octanol–water partition coefficient (Wildman–Crippen LogP) is 3.23. The second-order valence-electron chi connectivity index (χ2n) is 5.96. The molecule has 0 spiro atoms. The minimum Gasteiger partial charge on any atom is -0.442 e. The summed E-state index contributed by atoms with van der Waals surface area (Å²) < 4.78 is 23.8. The Morgan fingerprint density at radius 2 is 2.14 bits per heavy atom. The first kappa shape index (κ1) is 18.3. The molecule has 0 aliphatic rings. The van der Waals surface area contributed by atoms with E-state index in [-0.39, 0.29) is 18.7 Å². The Morgan fingerprint density at radius 1 is 1.50 bits per heavy atom. The number of nitrogens with zero attached hydrogens (tertiary/aromatic N) is 2. The van der Waals surface area contributed by atoms with Crippen LogP contribution in [0.15, 0.2) is 12.3 Å². The van der Waals surface area contributed by atoms with Crippen molar-refractivity contribution < 1.29 is 23.9 Å². The lowest BCUT2D eigenvalue weighted by molar-refractivity contribution is -0.125. The van der Waals surface area contributed by atoms with E-state index in [1.165, 1.54) is 26.3 Å². The first-order valence-electron chi connectivity index (χ1n) is 6.97. The van der Waals surface area contributed by atoms with Gasteiger partial charge in [-0.25, -0.2) is 9.18 Å². The van der Waals surface area contributed by atoms with Crippen LogP contribution in [0, 0.1) is 12.7 Å². The van der Waals surface area contributed by atoms with Crippen molar-refractivity contribution in [1.82, 2.24) is 10.0 Å². The third-order valence-corrected chi connectivity index (χ3v) is 2.90. The third kappa shape index (κ3) is 5.23. The van der Waals surface area contributed by atoms with Crippen molar-refractivity contribution in [1.29, 1.82) is 0 Å². The molecule has 7 heteroatoms. The Kier molecular flexibility index (Phi) is 6.25. The summed E-state index contributed by atoms with van der Waals surface area (Å²) in [6.07, 6.45) is 0.789. The summed E-state index contributed by atoms with van der Waals surface area (Å²) in [5, 5.41) is 10.6. The van der Waals surface area contributed by atoms with Gasteiger partial charge < -0.3 is 9.47 Å². The zero-order valence-electron chi connectivity index (χ0n) is 13.6. The SMILES string of the molecule is COCC[C@@H](c1cnc(C)c(F)c1)N(O)C(=O)OC(C)(C)C. The van der Waals surface area contributed by atoms with Crippen molar-refractivity contribution in [3.8, 4) is 0 Å². The van der Waals surface area contributed by atoms with Crippen LogP contribution in [0.3, 0.4) is 0 Å². The molecule has 0 aromatic carbocycles. The van der Waals surface area contributed by atoms with Crippen LogP contribution >= 0.6 is 0 Å². The van der Waals surface area contributed by atoms with Crippen molar-refractivity contribution in [3.05, 3.63) is 29.3 Å². The molecule has 0 fully saturated rings. The highest BCUT2D eigenvalue weighted by Crippen LogP contribution is 2.25. The Hall–Kier alpha value is -1.73. The second kappa shape index (κ2) is 7.51. The van der Waals surface area contributed by atoms with Gasteiger partial charge in [0.15, 0.2) is 0 Å². The van der Waals surface area contributed by atoms with E-state index in [1.54, 1.807) is 20.8 Å². The van der Waals surface area contributed by atoms with E-state index >= 15 is 0 Å². The molecule has 0 radical (unpaired) electrons. The normalized spacial score (nSPS) is 12.9. The number of hydroxylamine groups is 2. The maximum Gasteiger partial charge on any atom is 0.434 e. The lowest BCUT2D eigenvalue weighted by Crippen LogP contribution is -2.37. The molecule has 22 heavy (non-hydrogen) atoms. The number of rotatable bonds is 5. The van der Waals surface area contributed by atoms with Crippen molar-refractivity contribution in [2.45, 2.75) is 45.8 Å². The Bertz CT molecular complexity index is 517. The minimum absolute atomic E-state index is 0.246. The monoisotopic (exact) mass is 314 g/mol. The summed E-state index contributed by atoms with van der Waals surface area (Å²) >= 11 is 0.